The van der Waals surface area contributed by atoms with Crippen molar-refractivity contribution >= 4 is 5.97 Å². The van der Waals surface area contributed by atoms with Crippen molar-refractivity contribution in [1.82, 2.24) is 5.32 Å². The lowest BCUT2D eigenvalue weighted by atomic mass is 9.94. The molecule has 0 bridgehead atoms. The van der Waals surface area contributed by atoms with Gasteiger partial charge < -0.3 is 9.84 Å². The molecule has 3 rings (SSSR count). The minimum atomic E-state index is -1.21. The average molecular weight is 297 g/mol. The lowest BCUT2D eigenvalue weighted by molar-refractivity contribution is -0.147. The van der Waals surface area contributed by atoms with Gasteiger partial charge in [-0.15, -0.1) is 0 Å². The third-order valence-electron chi connectivity index (χ3n) is 4.04. The summed E-state index contributed by atoms with van der Waals surface area (Å²) in [5, 5.41) is 12.7. The zero-order valence-electron chi connectivity index (χ0n) is 11.4. The highest BCUT2D eigenvalue weighted by Crippen LogP contribution is 2.42. The van der Waals surface area contributed by atoms with E-state index < -0.39 is 23.1 Å². The van der Waals surface area contributed by atoms with Gasteiger partial charge >= 0.3 is 5.97 Å². The Hall–Kier alpha value is -1.69. The van der Waals surface area contributed by atoms with Crippen LogP contribution in [0.2, 0.25) is 0 Å². The first-order valence-electron chi connectivity index (χ1n) is 7.10. The van der Waals surface area contributed by atoms with E-state index >= 15 is 0 Å². The van der Waals surface area contributed by atoms with E-state index in [9.17, 15) is 18.7 Å². The summed E-state index contributed by atoms with van der Waals surface area (Å²) in [6, 6.07) is 3.09. The quantitative estimate of drug-likeness (QED) is 0.811. The zero-order valence-corrected chi connectivity index (χ0v) is 11.4. The van der Waals surface area contributed by atoms with Crippen LogP contribution in [0.1, 0.15) is 25.7 Å². The van der Waals surface area contributed by atoms with E-state index in [0.717, 1.165) is 43.9 Å². The number of nitrogens with one attached hydrogen (secondary N) is 1. The van der Waals surface area contributed by atoms with Crippen LogP contribution in [0.5, 0.6) is 5.75 Å². The van der Waals surface area contributed by atoms with Gasteiger partial charge in [-0.25, -0.2) is 8.78 Å². The first kappa shape index (κ1) is 14.3. The van der Waals surface area contributed by atoms with Crippen molar-refractivity contribution in [1.29, 1.82) is 0 Å². The van der Waals surface area contributed by atoms with Crippen LogP contribution >= 0.6 is 0 Å². The van der Waals surface area contributed by atoms with Crippen LogP contribution in [0.3, 0.4) is 0 Å². The van der Waals surface area contributed by atoms with E-state index in [-0.39, 0.29) is 24.3 Å². The molecule has 21 heavy (non-hydrogen) atoms. The number of aliphatic carboxylic acids is 1. The van der Waals surface area contributed by atoms with E-state index in [1.54, 1.807) is 0 Å². The topological polar surface area (TPSA) is 58.6 Å². The van der Waals surface area contributed by atoms with E-state index in [1.165, 1.54) is 0 Å². The summed E-state index contributed by atoms with van der Waals surface area (Å²) < 4.78 is 32.0. The van der Waals surface area contributed by atoms with Gasteiger partial charge in [0.05, 0.1) is 0 Å². The van der Waals surface area contributed by atoms with Gasteiger partial charge in [0.25, 0.3) is 0 Å². The molecule has 6 heteroatoms. The van der Waals surface area contributed by atoms with Crippen LogP contribution in [0.25, 0.3) is 0 Å². The molecule has 1 atom stereocenters. The molecule has 2 aliphatic rings. The molecule has 0 radical (unpaired) electrons. The largest absolute Gasteiger partial charge is 0.488 e. The van der Waals surface area contributed by atoms with Crippen molar-refractivity contribution < 1.29 is 23.4 Å². The van der Waals surface area contributed by atoms with E-state index in [2.05, 4.69) is 5.32 Å². The molecule has 1 unspecified atom stereocenters. The third-order valence-corrected chi connectivity index (χ3v) is 4.04. The van der Waals surface area contributed by atoms with Crippen LogP contribution < -0.4 is 10.1 Å². The number of carboxylic acids is 1. The van der Waals surface area contributed by atoms with Crippen molar-refractivity contribution in [2.45, 2.75) is 37.3 Å². The Labute approximate surface area is 121 Å². The minimum Gasteiger partial charge on any atom is -0.488 e. The molecule has 2 saturated carbocycles. The second-order valence-electron chi connectivity index (χ2n) is 5.83. The molecule has 2 fully saturated rings. The number of rotatable bonds is 7. The summed E-state index contributed by atoms with van der Waals surface area (Å²) >= 11 is 0. The maximum atomic E-state index is 13.6. The molecule has 4 nitrogen and oxygen atoms in total. The minimum absolute atomic E-state index is 0.0211. The summed E-state index contributed by atoms with van der Waals surface area (Å²) in [6.45, 7) is -0.204. The SMILES string of the molecule is O=C(O)C(COc1cc(F)ccc1F)(NC1CC1)C1CC1. The standard InChI is InChI=1S/C15H17F2NO3/c16-10-3-6-12(17)13(7-10)21-8-15(14(19)20,9-1-2-9)18-11-4-5-11/h3,6-7,9,11,18H,1-2,4-5,8H2,(H,19,20). The molecule has 0 aliphatic heterocycles. The van der Waals surface area contributed by atoms with Crippen molar-refractivity contribution in [2.24, 2.45) is 5.92 Å². The summed E-state index contributed by atoms with van der Waals surface area (Å²) in [5.74, 6) is -2.58. The number of benzene rings is 1. The van der Waals surface area contributed by atoms with Crippen LogP contribution in [-0.2, 0) is 4.79 Å². The van der Waals surface area contributed by atoms with Gasteiger partial charge in [-0.05, 0) is 43.7 Å². The molecule has 1 aromatic rings. The highest BCUT2D eigenvalue weighted by Gasteiger charge is 2.54. The molecule has 2 N–H and O–H groups in total. The van der Waals surface area contributed by atoms with E-state index in [0.29, 0.717) is 0 Å². The van der Waals surface area contributed by atoms with Crippen LogP contribution in [-0.4, -0.2) is 29.3 Å². The number of halogens is 2. The maximum absolute atomic E-state index is 13.6. The molecule has 1 aromatic carbocycles. The third kappa shape index (κ3) is 3.00. The summed E-state index contributed by atoms with van der Waals surface area (Å²) in [7, 11) is 0. The van der Waals surface area contributed by atoms with Gasteiger partial charge in [0.1, 0.15) is 12.4 Å². The smallest absolute Gasteiger partial charge is 0.327 e. The molecule has 0 spiro atoms. The normalized spacial score (nSPS) is 20.9. The first-order valence-corrected chi connectivity index (χ1v) is 7.10. The van der Waals surface area contributed by atoms with E-state index in [4.69, 9.17) is 4.74 Å². The number of carbonyl (C=O) groups is 1. The Morgan fingerprint density at radius 1 is 1.33 bits per heavy atom. The van der Waals surface area contributed by atoms with E-state index in [1.807, 2.05) is 0 Å². The van der Waals surface area contributed by atoms with Crippen molar-refractivity contribution in [3.8, 4) is 5.75 Å². The highest BCUT2D eigenvalue weighted by molar-refractivity contribution is 5.80. The Balaban J connectivity index is 1.77. The summed E-state index contributed by atoms with van der Waals surface area (Å²) in [5.41, 5.74) is -1.21. The van der Waals surface area contributed by atoms with Crippen molar-refractivity contribution in [3.05, 3.63) is 29.8 Å². The number of hydrogen-bond acceptors (Lipinski definition) is 3. The van der Waals surface area contributed by atoms with Crippen LogP contribution in [0.4, 0.5) is 8.78 Å². The molecule has 0 saturated heterocycles. The molecule has 0 amide bonds. The molecular weight excluding hydrogens is 280 g/mol. The predicted octanol–water partition coefficient (Wildman–Crippen LogP) is 2.33. The van der Waals surface area contributed by atoms with Gasteiger partial charge in [0, 0.05) is 12.1 Å². The lowest BCUT2D eigenvalue weighted by Crippen LogP contribution is -2.59. The maximum Gasteiger partial charge on any atom is 0.327 e. The van der Waals surface area contributed by atoms with Gasteiger partial charge in [-0.2, -0.15) is 0 Å². The molecular formula is C15H17F2NO3. The Morgan fingerprint density at radius 3 is 2.62 bits per heavy atom. The Kier molecular flexibility index (Phi) is 3.57. The fourth-order valence-electron chi connectivity index (χ4n) is 2.52. The molecule has 2 aliphatic carbocycles. The Bertz CT molecular complexity index is 558. The lowest BCUT2D eigenvalue weighted by Gasteiger charge is -2.31. The monoisotopic (exact) mass is 297 g/mol. The fraction of sp³-hybridized carbons (Fsp3) is 0.533. The molecule has 114 valence electrons. The summed E-state index contributed by atoms with van der Waals surface area (Å²) in [4.78, 5) is 11.7. The van der Waals surface area contributed by atoms with Crippen LogP contribution in [0.15, 0.2) is 18.2 Å². The first-order chi connectivity index (χ1) is 10.0. The summed E-state index contributed by atoms with van der Waals surface area (Å²) in [6.07, 6.45) is 3.49. The fourth-order valence-corrected chi connectivity index (χ4v) is 2.52. The predicted molar refractivity (Wildman–Crippen MR) is 71.1 cm³/mol. The highest BCUT2D eigenvalue weighted by atomic mass is 19.1. The number of hydrogen-bond donors (Lipinski definition) is 2. The number of ether oxygens (including phenoxy) is 1. The van der Waals surface area contributed by atoms with Crippen LogP contribution in [0, 0.1) is 17.6 Å². The molecule has 0 aromatic heterocycles. The van der Waals surface area contributed by atoms with Crippen molar-refractivity contribution in [2.75, 3.05) is 6.61 Å². The van der Waals surface area contributed by atoms with Gasteiger partial charge in [-0.1, -0.05) is 0 Å². The van der Waals surface area contributed by atoms with Crippen molar-refractivity contribution in [3.63, 3.8) is 0 Å². The average Bonchev–Trinajstić information content (AvgIpc) is 3.30. The molecule has 0 heterocycles. The second kappa shape index (κ2) is 5.26. The Morgan fingerprint density at radius 2 is 2.05 bits per heavy atom. The van der Waals surface area contributed by atoms with Gasteiger partial charge in [0.2, 0.25) is 0 Å². The second-order valence-corrected chi connectivity index (χ2v) is 5.83. The number of carboxylic acid groups (broad SMARTS) is 1. The zero-order chi connectivity index (χ0) is 15.0. The van der Waals surface area contributed by atoms with Gasteiger partial charge in [-0.3, -0.25) is 10.1 Å². The van der Waals surface area contributed by atoms with Gasteiger partial charge in [0.15, 0.2) is 17.1 Å².